The van der Waals surface area contributed by atoms with E-state index >= 15 is 0 Å². The number of rotatable bonds is 4. The zero-order valence-electron chi connectivity index (χ0n) is 10.0. The van der Waals surface area contributed by atoms with E-state index in [1.54, 1.807) is 0 Å². The van der Waals surface area contributed by atoms with Crippen molar-refractivity contribution in [3.05, 3.63) is 34.3 Å². The Balaban J connectivity index is 1.99. The molecule has 94 valence electrons. The van der Waals surface area contributed by atoms with E-state index in [1.807, 2.05) is 6.07 Å². The summed E-state index contributed by atoms with van der Waals surface area (Å²) in [7, 11) is 0. The van der Waals surface area contributed by atoms with Gasteiger partial charge in [-0.25, -0.2) is 0 Å². The molecule has 1 aliphatic heterocycles. The van der Waals surface area contributed by atoms with E-state index in [9.17, 15) is 0 Å². The van der Waals surface area contributed by atoms with Gasteiger partial charge in [-0.1, -0.05) is 35.0 Å². The van der Waals surface area contributed by atoms with Crippen molar-refractivity contribution in [2.75, 3.05) is 6.61 Å². The number of halogens is 2. The maximum Gasteiger partial charge on any atom is 0.0615 e. The van der Waals surface area contributed by atoms with Crippen molar-refractivity contribution < 1.29 is 4.74 Å². The molecule has 0 amide bonds. The van der Waals surface area contributed by atoms with Gasteiger partial charge >= 0.3 is 0 Å². The van der Waals surface area contributed by atoms with Gasteiger partial charge in [-0.3, -0.25) is 0 Å². The summed E-state index contributed by atoms with van der Waals surface area (Å²) in [6.07, 6.45) is 3.43. The van der Waals surface area contributed by atoms with Crippen LogP contribution in [0.15, 0.2) is 28.7 Å². The molecule has 0 saturated carbocycles. The summed E-state index contributed by atoms with van der Waals surface area (Å²) in [5, 5.41) is 0.178. The molecule has 0 N–H and O–H groups in total. The second-order valence-corrected chi connectivity index (χ2v) is 6.10. The summed E-state index contributed by atoms with van der Waals surface area (Å²) < 4.78 is 6.82. The van der Waals surface area contributed by atoms with E-state index in [-0.39, 0.29) is 5.38 Å². The van der Waals surface area contributed by atoms with Gasteiger partial charge in [0.05, 0.1) is 6.10 Å². The molecule has 0 aliphatic carbocycles. The van der Waals surface area contributed by atoms with E-state index < -0.39 is 0 Å². The molecule has 1 fully saturated rings. The minimum atomic E-state index is 0.178. The maximum atomic E-state index is 6.55. The lowest BCUT2D eigenvalue weighted by Gasteiger charge is -2.22. The molecule has 17 heavy (non-hydrogen) atoms. The molecule has 0 aromatic heterocycles. The van der Waals surface area contributed by atoms with Crippen LogP contribution >= 0.6 is 27.5 Å². The second-order valence-electron chi connectivity index (χ2n) is 4.62. The van der Waals surface area contributed by atoms with Crippen LogP contribution in [0.4, 0.5) is 0 Å². The molecule has 3 heteroatoms. The Morgan fingerprint density at radius 2 is 2.35 bits per heavy atom. The van der Waals surface area contributed by atoms with Gasteiger partial charge in [0, 0.05) is 22.4 Å². The summed E-state index contributed by atoms with van der Waals surface area (Å²) in [6.45, 7) is 3.04. The second kappa shape index (κ2) is 6.21. The smallest absolute Gasteiger partial charge is 0.0615 e. The van der Waals surface area contributed by atoms with Gasteiger partial charge in [-0.2, -0.15) is 0 Å². The molecule has 1 heterocycles. The van der Waals surface area contributed by atoms with Crippen LogP contribution in [0.1, 0.15) is 25.3 Å². The number of hydrogen-bond acceptors (Lipinski definition) is 1. The van der Waals surface area contributed by atoms with Crippen LogP contribution < -0.4 is 0 Å². The Morgan fingerprint density at radius 1 is 1.53 bits per heavy atom. The molecule has 1 aliphatic rings. The minimum Gasteiger partial charge on any atom is -0.378 e. The minimum absolute atomic E-state index is 0.178. The van der Waals surface area contributed by atoms with Crippen molar-refractivity contribution in [2.24, 2.45) is 5.92 Å². The van der Waals surface area contributed by atoms with Crippen LogP contribution in [0.3, 0.4) is 0 Å². The highest BCUT2D eigenvalue weighted by Gasteiger charge is 2.32. The Hall–Kier alpha value is -0.0500. The van der Waals surface area contributed by atoms with Gasteiger partial charge in [0.2, 0.25) is 0 Å². The van der Waals surface area contributed by atoms with E-state index in [4.69, 9.17) is 16.3 Å². The van der Waals surface area contributed by atoms with E-state index in [0.717, 1.165) is 30.3 Å². The molecular formula is C14H18BrClO. The number of benzene rings is 1. The molecule has 1 aromatic rings. The summed E-state index contributed by atoms with van der Waals surface area (Å²) in [5.41, 5.74) is 1.29. The molecule has 0 spiro atoms. The summed E-state index contributed by atoms with van der Waals surface area (Å²) in [6, 6.07) is 8.38. The SMILES string of the molecule is CCC1OCCC1C(Cl)Cc1cccc(Br)c1. The molecule has 1 nitrogen and oxygen atoms in total. The third kappa shape index (κ3) is 3.46. The summed E-state index contributed by atoms with van der Waals surface area (Å²) >= 11 is 10.0. The van der Waals surface area contributed by atoms with Crippen LogP contribution in [0.5, 0.6) is 0 Å². The summed E-state index contributed by atoms with van der Waals surface area (Å²) in [5.74, 6) is 0.501. The van der Waals surface area contributed by atoms with Crippen molar-refractivity contribution in [2.45, 2.75) is 37.7 Å². The first kappa shape index (κ1) is 13.4. The molecule has 1 saturated heterocycles. The van der Waals surface area contributed by atoms with Gasteiger partial charge < -0.3 is 4.74 Å². The lowest BCUT2D eigenvalue weighted by molar-refractivity contribution is 0.0865. The normalized spacial score (nSPS) is 26.1. The summed E-state index contributed by atoms with van der Waals surface area (Å²) in [4.78, 5) is 0. The van der Waals surface area contributed by atoms with Crippen LogP contribution in [0.25, 0.3) is 0 Å². The maximum absolute atomic E-state index is 6.55. The van der Waals surface area contributed by atoms with Gasteiger partial charge in [0.1, 0.15) is 0 Å². The highest BCUT2D eigenvalue weighted by Crippen LogP contribution is 2.31. The highest BCUT2D eigenvalue weighted by atomic mass is 79.9. The number of hydrogen-bond donors (Lipinski definition) is 0. The van der Waals surface area contributed by atoms with Crippen LogP contribution in [-0.4, -0.2) is 18.1 Å². The Morgan fingerprint density at radius 3 is 3.06 bits per heavy atom. The zero-order chi connectivity index (χ0) is 12.3. The topological polar surface area (TPSA) is 9.23 Å². The molecular weight excluding hydrogens is 300 g/mol. The molecule has 0 bridgehead atoms. The van der Waals surface area contributed by atoms with Gasteiger partial charge in [0.15, 0.2) is 0 Å². The monoisotopic (exact) mass is 316 g/mol. The van der Waals surface area contributed by atoms with Crippen molar-refractivity contribution >= 4 is 27.5 Å². The first-order valence-electron chi connectivity index (χ1n) is 6.21. The van der Waals surface area contributed by atoms with E-state index in [0.29, 0.717) is 12.0 Å². The fourth-order valence-corrected chi connectivity index (χ4v) is 3.45. The third-order valence-electron chi connectivity index (χ3n) is 3.45. The fourth-order valence-electron chi connectivity index (χ4n) is 2.54. The molecule has 3 atom stereocenters. The quantitative estimate of drug-likeness (QED) is 0.747. The van der Waals surface area contributed by atoms with Crippen molar-refractivity contribution in [3.63, 3.8) is 0 Å². The lowest BCUT2D eigenvalue weighted by Crippen LogP contribution is -2.25. The van der Waals surface area contributed by atoms with Crippen molar-refractivity contribution in [3.8, 4) is 0 Å². The predicted molar refractivity (Wildman–Crippen MR) is 75.6 cm³/mol. The third-order valence-corrected chi connectivity index (χ3v) is 4.42. The average Bonchev–Trinajstić information content (AvgIpc) is 2.77. The Bertz CT molecular complexity index is 369. The first-order valence-corrected chi connectivity index (χ1v) is 7.43. The Labute approximate surface area is 117 Å². The van der Waals surface area contributed by atoms with E-state index in [1.165, 1.54) is 5.56 Å². The van der Waals surface area contributed by atoms with Crippen molar-refractivity contribution in [1.82, 2.24) is 0 Å². The number of ether oxygens (including phenoxy) is 1. The fraction of sp³-hybridized carbons (Fsp3) is 0.571. The molecule has 2 rings (SSSR count). The predicted octanol–water partition coefficient (Wildman–Crippen LogP) is 4.41. The van der Waals surface area contributed by atoms with Crippen LogP contribution in [0, 0.1) is 5.92 Å². The van der Waals surface area contributed by atoms with Gasteiger partial charge in [-0.05, 0) is 37.0 Å². The highest BCUT2D eigenvalue weighted by molar-refractivity contribution is 9.10. The lowest BCUT2D eigenvalue weighted by atomic mass is 9.92. The van der Waals surface area contributed by atoms with Crippen LogP contribution in [-0.2, 0) is 11.2 Å². The van der Waals surface area contributed by atoms with Crippen LogP contribution in [0.2, 0.25) is 0 Å². The molecule has 0 radical (unpaired) electrons. The van der Waals surface area contributed by atoms with Gasteiger partial charge in [-0.15, -0.1) is 11.6 Å². The van der Waals surface area contributed by atoms with Crippen molar-refractivity contribution in [1.29, 1.82) is 0 Å². The molecule has 1 aromatic carbocycles. The Kier molecular flexibility index (Phi) is 4.89. The molecule has 3 unspecified atom stereocenters. The zero-order valence-corrected chi connectivity index (χ0v) is 12.4. The largest absolute Gasteiger partial charge is 0.378 e. The standard InChI is InChI=1S/C14H18BrClO/c1-2-14-12(6-7-17-14)13(16)9-10-4-3-5-11(15)8-10/h3-5,8,12-14H,2,6-7,9H2,1H3. The average molecular weight is 318 g/mol. The number of alkyl halides is 1. The van der Waals surface area contributed by atoms with Gasteiger partial charge in [0.25, 0.3) is 0 Å². The van der Waals surface area contributed by atoms with E-state index in [2.05, 4.69) is 41.1 Å². The first-order chi connectivity index (χ1) is 8.20.